The van der Waals surface area contributed by atoms with E-state index >= 15 is 0 Å². The van der Waals surface area contributed by atoms with E-state index in [0.717, 1.165) is 101 Å². The fourth-order valence-electron chi connectivity index (χ4n) is 7.02. The van der Waals surface area contributed by atoms with Crippen molar-refractivity contribution in [3.63, 3.8) is 0 Å². The Morgan fingerprint density at radius 1 is 1.02 bits per heavy atom. The zero-order valence-electron chi connectivity index (χ0n) is 26.5. The molecule has 3 aliphatic rings. The first-order valence-electron chi connectivity index (χ1n) is 16.3. The molecule has 234 valence electrons. The number of ether oxygens (including phenoxy) is 2. The molecule has 3 saturated heterocycles. The molecule has 3 fully saturated rings. The Balaban J connectivity index is 1.42. The van der Waals surface area contributed by atoms with Gasteiger partial charge in [-0.25, -0.2) is 0 Å². The number of amides is 2. The molecular formula is C35H50N4O4. The second-order valence-corrected chi connectivity index (χ2v) is 12.7. The van der Waals surface area contributed by atoms with Gasteiger partial charge in [-0.05, 0) is 86.8 Å². The normalized spacial score (nSPS) is 23.8. The highest BCUT2D eigenvalue weighted by atomic mass is 16.5. The van der Waals surface area contributed by atoms with Gasteiger partial charge in [0.25, 0.3) is 5.91 Å². The lowest BCUT2D eigenvalue weighted by Crippen LogP contribution is -2.50. The van der Waals surface area contributed by atoms with Crippen molar-refractivity contribution in [3.8, 4) is 11.1 Å². The standard InChI is InChI=1S/C35H50N4O4/c1-5-39(30-11-16-43-17-12-30)33-21-29(28-9-7-27(8-10-28)23-38-13-6-15-42-18-14-38)20-31(26(33)4)34(40)36-22-32-24(2)19-25(3)37-35(32)41/h7-10,20-21,24-25,30,32H,5-6,11-19,22-23H2,1-4H3,(H,36,40)(H,37,41). The summed E-state index contributed by atoms with van der Waals surface area (Å²) < 4.78 is 11.3. The average Bonchev–Trinajstić information content (AvgIpc) is 3.27. The van der Waals surface area contributed by atoms with Gasteiger partial charge in [0, 0.05) is 75.9 Å². The Morgan fingerprint density at radius 3 is 2.49 bits per heavy atom. The van der Waals surface area contributed by atoms with Gasteiger partial charge in [0.15, 0.2) is 0 Å². The van der Waals surface area contributed by atoms with Crippen LogP contribution in [-0.4, -0.2) is 81.4 Å². The summed E-state index contributed by atoms with van der Waals surface area (Å²) in [6.07, 6.45) is 3.94. The highest BCUT2D eigenvalue weighted by molar-refractivity contribution is 5.99. The largest absolute Gasteiger partial charge is 0.381 e. The van der Waals surface area contributed by atoms with Crippen LogP contribution in [0.3, 0.4) is 0 Å². The van der Waals surface area contributed by atoms with Crippen molar-refractivity contribution >= 4 is 17.5 Å². The number of nitrogens with zero attached hydrogens (tertiary/aromatic N) is 2. The number of rotatable bonds is 9. The molecule has 8 nitrogen and oxygen atoms in total. The number of hydrogen-bond acceptors (Lipinski definition) is 6. The van der Waals surface area contributed by atoms with Gasteiger partial charge in [0.1, 0.15) is 0 Å². The third kappa shape index (κ3) is 7.78. The molecule has 3 aliphatic heterocycles. The molecular weight excluding hydrogens is 540 g/mol. The summed E-state index contributed by atoms with van der Waals surface area (Å²) in [5.41, 5.74) is 6.15. The fraction of sp³-hybridized carbons (Fsp3) is 0.600. The maximum atomic E-state index is 13.8. The second-order valence-electron chi connectivity index (χ2n) is 12.7. The van der Waals surface area contributed by atoms with Crippen LogP contribution in [0.5, 0.6) is 0 Å². The Labute approximate surface area is 257 Å². The van der Waals surface area contributed by atoms with Gasteiger partial charge in [0.2, 0.25) is 5.91 Å². The number of piperidine rings is 1. The zero-order chi connectivity index (χ0) is 30.3. The van der Waals surface area contributed by atoms with Gasteiger partial charge in [-0.15, -0.1) is 0 Å². The molecule has 43 heavy (non-hydrogen) atoms. The first kappa shape index (κ1) is 31.5. The first-order chi connectivity index (χ1) is 20.8. The summed E-state index contributed by atoms with van der Waals surface area (Å²) in [6.45, 7) is 15.7. The molecule has 0 saturated carbocycles. The highest BCUT2D eigenvalue weighted by Gasteiger charge is 2.33. The quantitative estimate of drug-likeness (QED) is 0.438. The summed E-state index contributed by atoms with van der Waals surface area (Å²) in [5, 5.41) is 6.18. The van der Waals surface area contributed by atoms with Crippen LogP contribution >= 0.6 is 0 Å². The molecule has 0 bridgehead atoms. The minimum atomic E-state index is -0.221. The van der Waals surface area contributed by atoms with Gasteiger partial charge in [-0.2, -0.15) is 0 Å². The van der Waals surface area contributed by atoms with Crippen LogP contribution in [0, 0.1) is 18.8 Å². The number of benzene rings is 2. The lowest BCUT2D eigenvalue weighted by atomic mass is 9.84. The van der Waals surface area contributed by atoms with Crippen molar-refractivity contribution in [3.05, 3.63) is 53.1 Å². The summed E-state index contributed by atoms with van der Waals surface area (Å²) in [5.74, 6) is -0.0956. The molecule has 0 aromatic heterocycles. The van der Waals surface area contributed by atoms with Crippen LogP contribution in [0.25, 0.3) is 11.1 Å². The van der Waals surface area contributed by atoms with E-state index in [-0.39, 0.29) is 29.7 Å². The molecule has 3 atom stereocenters. The molecule has 0 spiro atoms. The van der Waals surface area contributed by atoms with Gasteiger partial charge in [-0.1, -0.05) is 31.2 Å². The van der Waals surface area contributed by atoms with Crippen molar-refractivity contribution < 1.29 is 19.1 Å². The fourth-order valence-corrected chi connectivity index (χ4v) is 7.02. The summed E-state index contributed by atoms with van der Waals surface area (Å²) >= 11 is 0. The molecule has 3 heterocycles. The molecule has 0 radical (unpaired) electrons. The number of carbonyl (C=O) groups excluding carboxylic acids is 2. The molecule has 0 aliphatic carbocycles. The third-order valence-electron chi connectivity index (χ3n) is 9.54. The first-order valence-corrected chi connectivity index (χ1v) is 16.3. The van der Waals surface area contributed by atoms with E-state index in [1.165, 1.54) is 5.56 Å². The Morgan fingerprint density at radius 2 is 1.77 bits per heavy atom. The van der Waals surface area contributed by atoms with Crippen LogP contribution < -0.4 is 15.5 Å². The Hall–Kier alpha value is -2.94. The van der Waals surface area contributed by atoms with Gasteiger partial charge >= 0.3 is 0 Å². The molecule has 2 aromatic carbocycles. The van der Waals surface area contributed by atoms with E-state index in [2.05, 4.69) is 71.5 Å². The molecule has 2 aromatic rings. The molecule has 8 heteroatoms. The number of anilines is 1. The van der Waals surface area contributed by atoms with Gasteiger partial charge in [-0.3, -0.25) is 14.5 Å². The Kier molecular flexibility index (Phi) is 10.8. The summed E-state index contributed by atoms with van der Waals surface area (Å²) in [6, 6.07) is 13.6. The van der Waals surface area contributed by atoms with Crippen LogP contribution in [0.4, 0.5) is 5.69 Å². The van der Waals surface area contributed by atoms with Crippen LogP contribution in [0.15, 0.2) is 36.4 Å². The van der Waals surface area contributed by atoms with Gasteiger partial charge < -0.3 is 25.0 Å². The van der Waals surface area contributed by atoms with E-state index in [1.807, 2.05) is 13.0 Å². The van der Waals surface area contributed by atoms with E-state index in [4.69, 9.17) is 9.47 Å². The van der Waals surface area contributed by atoms with Crippen LogP contribution in [-0.2, 0) is 20.8 Å². The lowest BCUT2D eigenvalue weighted by molar-refractivity contribution is -0.129. The highest BCUT2D eigenvalue weighted by Crippen LogP contribution is 2.34. The van der Waals surface area contributed by atoms with Crippen molar-refractivity contribution in [2.24, 2.45) is 11.8 Å². The molecule has 5 rings (SSSR count). The summed E-state index contributed by atoms with van der Waals surface area (Å²) in [4.78, 5) is 31.4. The third-order valence-corrected chi connectivity index (χ3v) is 9.54. The second kappa shape index (κ2) is 14.7. The van der Waals surface area contributed by atoms with Gasteiger partial charge in [0.05, 0.1) is 12.5 Å². The molecule has 2 N–H and O–H groups in total. The van der Waals surface area contributed by atoms with E-state index < -0.39 is 0 Å². The lowest BCUT2D eigenvalue weighted by Gasteiger charge is -2.37. The smallest absolute Gasteiger partial charge is 0.251 e. The predicted octanol–water partition coefficient (Wildman–Crippen LogP) is 4.78. The average molecular weight is 591 g/mol. The number of nitrogens with one attached hydrogen (secondary N) is 2. The van der Waals surface area contributed by atoms with E-state index in [0.29, 0.717) is 18.2 Å². The van der Waals surface area contributed by atoms with Crippen molar-refractivity contribution in [1.82, 2.24) is 15.5 Å². The maximum absolute atomic E-state index is 13.8. The van der Waals surface area contributed by atoms with E-state index in [9.17, 15) is 9.59 Å². The SMILES string of the molecule is CCN(c1cc(-c2ccc(CN3CCCOCC3)cc2)cc(C(=O)NCC2C(=O)NC(C)CC2C)c1C)C1CCOCC1. The Bertz CT molecular complexity index is 1240. The van der Waals surface area contributed by atoms with Crippen molar-refractivity contribution in [2.75, 3.05) is 57.5 Å². The van der Waals surface area contributed by atoms with Crippen LogP contribution in [0.1, 0.15) is 67.9 Å². The molecule has 3 unspecified atom stereocenters. The topological polar surface area (TPSA) is 83.1 Å². The summed E-state index contributed by atoms with van der Waals surface area (Å²) in [7, 11) is 0. The zero-order valence-corrected chi connectivity index (χ0v) is 26.5. The van der Waals surface area contributed by atoms with Crippen molar-refractivity contribution in [1.29, 1.82) is 0 Å². The maximum Gasteiger partial charge on any atom is 0.251 e. The number of hydrogen-bond donors (Lipinski definition) is 2. The molecule has 2 amide bonds. The van der Waals surface area contributed by atoms with Crippen LogP contribution in [0.2, 0.25) is 0 Å². The minimum Gasteiger partial charge on any atom is -0.381 e. The predicted molar refractivity (Wildman–Crippen MR) is 171 cm³/mol. The van der Waals surface area contributed by atoms with E-state index in [1.54, 1.807) is 0 Å². The minimum absolute atomic E-state index is 0.0298. The monoisotopic (exact) mass is 590 g/mol. The number of carbonyl (C=O) groups is 2. The van der Waals surface area contributed by atoms with Crippen molar-refractivity contribution in [2.45, 2.75) is 72.0 Å².